The van der Waals surface area contributed by atoms with Crippen LogP contribution in [0, 0.1) is 0 Å². The van der Waals surface area contributed by atoms with Gasteiger partial charge in [0.1, 0.15) is 10.8 Å². The van der Waals surface area contributed by atoms with Gasteiger partial charge in [0.2, 0.25) is 0 Å². The summed E-state index contributed by atoms with van der Waals surface area (Å²) in [6.45, 7) is 0. The van der Waals surface area contributed by atoms with Gasteiger partial charge in [-0.15, -0.1) is 0 Å². The zero-order valence-corrected chi connectivity index (χ0v) is 8.82. The number of nitrogens with two attached hydrogens (primary N) is 1. The summed E-state index contributed by atoms with van der Waals surface area (Å²) in [4.78, 5) is 4.03. The lowest BCUT2D eigenvalue weighted by atomic mass is 9.95. The molecule has 2 rings (SSSR count). The minimum atomic E-state index is -4.43. The van der Waals surface area contributed by atoms with Gasteiger partial charge in [-0.3, -0.25) is 0 Å². The zero-order chi connectivity index (χ0) is 11.9. The van der Waals surface area contributed by atoms with Crippen molar-refractivity contribution in [3.8, 4) is 0 Å². The van der Waals surface area contributed by atoms with Crippen molar-refractivity contribution in [2.24, 2.45) is 10.7 Å². The number of aliphatic imine (C=N–C) groups is 1. The van der Waals surface area contributed by atoms with Crippen LogP contribution in [0.3, 0.4) is 0 Å². The predicted molar refractivity (Wildman–Crippen MR) is 58.5 cm³/mol. The third-order valence-electron chi connectivity index (χ3n) is 2.30. The molecule has 2 N–H and O–H groups in total. The molecule has 2 nitrogen and oxygen atoms in total. The maximum Gasteiger partial charge on any atom is 0.417 e. The average Bonchev–Trinajstić information content (AvgIpc) is 2.14. The number of halogens is 3. The number of amidine groups is 1. The van der Waals surface area contributed by atoms with Gasteiger partial charge in [0.15, 0.2) is 0 Å². The predicted octanol–water partition coefficient (Wildman–Crippen LogP) is 2.29. The third-order valence-corrected chi connectivity index (χ3v) is 2.53. The fourth-order valence-corrected chi connectivity index (χ4v) is 1.93. The molecule has 1 aromatic rings. The first-order valence-electron chi connectivity index (χ1n) is 4.46. The molecule has 16 heavy (non-hydrogen) atoms. The van der Waals surface area contributed by atoms with Crippen LogP contribution in [-0.2, 0) is 12.6 Å². The second-order valence-electron chi connectivity index (χ2n) is 3.41. The number of fused-ring (bicyclic) bond motifs is 1. The van der Waals surface area contributed by atoms with Crippen molar-refractivity contribution < 1.29 is 13.2 Å². The summed E-state index contributed by atoms with van der Waals surface area (Å²) in [7, 11) is 0. The minimum absolute atomic E-state index is 0.0383. The van der Waals surface area contributed by atoms with E-state index in [9.17, 15) is 13.2 Å². The first kappa shape index (κ1) is 11.1. The van der Waals surface area contributed by atoms with Crippen molar-refractivity contribution in [3.63, 3.8) is 0 Å². The monoisotopic (exact) mass is 244 g/mol. The van der Waals surface area contributed by atoms with Crippen molar-refractivity contribution in [2.75, 3.05) is 0 Å². The second-order valence-corrected chi connectivity index (χ2v) is 3.88. The normalized spacial score (nSPS) is 15.7. The van der Waals surface area contributed by atoms with Crippen molar-refractivity contribution in [1.82, 2.24) is 0 Å². The van der Waals surface area contributed by atoms with Crippen LogP contribution < -0.4 is 5.73 Å². The van der Waals surface area contributed by atoms with E-state index in [4.69, 9.17) is 18.0 Å². The molecule has 84 valence electrons. The quantitative estimate of drug-likeness (QED) is 0.711. The van der Waals surface area contributed by atoms with Crippen molar-refractivity contribution in [3.05, 3.63) is 34.9 Å². The molecule has 0 spiro atoms. The van der Waals surface area contributed by atoms with E-state index in [-0.39, 0.29) is 17.8 Å². The van der Waals surface area contributed by atoms with Gasteiger partial charge >= 0.3 is 6.18 Å². The van der Waals surface area contributed by atoms with Crippen LogP contribution in [0.2, 0.25) is 0 Å². The summed E-state index contributed by atoms with van der Waals surface area (Å²) in [5, 5.41) is 0. The lowest BCUT2D eigenvalue weighted by molar-refractivity contribution is -0.137. The molecule has 0 amide bonds. The molecule has 1 aliphatic heterocycles. The van der Waals surface area contributed by atoms with E-state index in [1.54, 1.807) is 6.07 Å². The molecule has 0 bridgehead atoms. The molecule has 0 radical (unpaired) electrons. The maximum absolute atomic E-state index is 12.7. The molecule has 0 aliphatic carbocycles. The van der Waals surface area contributed by atoms with Crippen LogP contribution in [0.15, 0.2) is 23.2 Å². The molecule has 0 saturated carbocycles. The summed E-state index contributed by atoms with van der Waals surface area (Å²) in [5.41, 5.74) is 5.18. The molecular weight excluding hydrogens is 237 g/mol. The Morgan fingerprint density at radius 2 is 2.00 bits per heavy atom. The van der Waals surface area contributed by atoms with Crippen LogP contribution in [0.4, 0.5) is 13.2 Å². The van der Waals surface area contributed by atoms with Gasteiger partial charge in [0.05, 0.1) is 5.56 Å². The van der Waals surface area contributed by atoms with Gasteiger partial charge in [0, 0.05) is 12.0 Å². The zero-order valence-electron chi connectivity index (χ0n) is 8.01. The molecular formula is C10H7F3N2S. The Balaban J connectivity index is 2.68. The van der Waals surface area contributed by atoms with Crippen molar-refractivity contribution in [1.29, 1.82) is 0 Å². The number of rotatable bonds is 0. The second kappa shape index (κ2) is 3.55. The molecule has 0 atom stereocenters. The number of hydrogen-bond acceptors (Lipinski definition) is 2. The Kier molecular flexibility index (Phi) is 2.46. The van der Waals surface area contributed by atoms with Crippen LogP contribution in [-0.4, -0.2) is 10.8 Å². The van der Waals surface area contributed by atoms with E-state index >= 15 is 0 Å². The van der Waals surface area contributed by atoms with Crippen LogP contribution >= 0.6 is 12.2 Å². The first-order chi connectivity index (χ1) is 7.39. The summed E-state index contributed by atoms with van der Waals surface area (Å²) in [6, 6.07) is 3.93. The molecule has 0 fully saturated rings. The Labute approximate surface area is 95.0 Å². The number of hydrogen-bond donors (Lipinski definition) is 1. The summed E-state index contributed by atoms with van der Waals surface area (Å²) in [5.74, 6) is -0.154. The number of alkyl halides is 3. The smallest absolute Gasteiger partial charge is 0.383 e. The number of thiocarbonyl (C=S) groups is 1. The van der Waals surface area contributed by atoms with Crippen molar-refractivity contribution in [2.45, 2.75) is 12.6 Å². The Bertz CT molecular complexity index is 491. The highest BCUT2D eigenvalue weighted by molar-refractivity contribution is 7.80. The molecule has 1 aliphatic rings. The molecule has 1 heterocycles. The van der Waals surface area contributed by atoms with E-state index in [1.165, 1.54) is 6.07 Å². The highest BCUT2D eigenvalue weighted by atomic mass is 32.1. The Hall–Kier alpha value is -1.43. The SMILES string of the molecule is NC1=NC(=S)Cc2cccc(C(F)(F)F)c21. The fraction of sp³-hybridized carbons (Fsp3) is 0.200. The highest BCUT2D eigenvalue weighted by Gasteiger charge is 2.36. The lowest BCUT2D eigenvalue weighted by Gasteiger charge is -2.19. The molecule has 0 aromatic heterocycles. The lowest BCUT2D eigenvalue weighted by Crippen LogP contribution is -2.27. The topological polar surface area (TPSA) is 38.4 Å². The van der Waals surface area contributed by atoms with Crippen LogP contribution in [0.5, 0.6) is 0 Å². The highest BCUT2D eigenvalue weighted by Crippen LogP contribution is 2.34. The molecule has 6 heteroatoms. The van der Waals surface area contributed by atoms with Gasteiger partial charge in [-0.25, -0.2) is 4.99 Å². The third kappa shape index (κ3) is 1.80. The van der Waals surface area contributed by atoms with Gasteiger partial charge in [-0.2, -0.15) is 13.2 Å². The number of nitrogens with zero attached hydrogens (tertiary/aromatic N) is 1. The average molecular weight is 244 g/mol. The molecule has 0 saturated heterocycles. The van der Waals surface area contributed by atoms with Crippen LogP contribution in [0.1, 0.15) is 16.7 Å². The molecule has 1 aromatic carbocycles. The maximum atomic E-state index is 12.7. The Morgan fingerprint density at radius 3 is 2.62 bits per heavy atom. The van der Waals surface area contributed by atoms with Gasteiger partial charge in [-0.1, -0.05) is 24.4 Å². The summed E-state index contributed by atoms with van der Waals surface area (Å²) >= 11 is 4.85. The fourth-order valence-electron chi connectivity index (χ4n) is 1.68. The van der Waals surface area contributed by atoms with E-state index in [0.29, 0.717) is 10.6 Å². The van der Waals surface area contributed by atoms with Gasteiger partial charge in [-0.05, 0) is 11.6 Å². The first-order valence-corrected chi connectivity index (χ1v) is 4.87. The van der Waals surface area contributed by atoms with E-state index in [0.717, 1.165) is 6.07 Å². The van der Waals surface area contributed by atoms with E-state index in [1.807, 2.05) is 0 Å². The van der Waals surface area contributed by atoms with Crippen molar-refractivity contribution >= 4 is 23.0 Å². The summed E-state index contributed by atoms with van der Waals surface area (Å²) in [6.07, 6.45) is -4.19. The van der Waals surface area contributed by atoms with E-state index < -0.39 is 11.7 Å². The van der Waals surface area contributed by atoms with Gasteiger partial charge in [0.25, 0.3) is 0 Å². The summed E-state index contributed by atoms with van der Waals surface area (Å²) < 4.78 is 38.1. The van der Waals surface area contributed by atoms with E-state index in [2.05, 4.69) is 4.99 Å². The number of benzene rings is 1. The standard InChI is InChI=1S/C10H7F3N2S/c11-10(12,13)6-3-1-2-5-4-7(16)15-9(14)8(5)6/h1-3H,4H2,(H2,14,15,16). The largest absolute Gasteiger partial charge is 0.417 e. The van der Waals surface area contributed by atoms with Crippen LogP contribution in [0.25, 0.3) is 0 Å². The Morgan fingerprint density at radius 1 is 1.31 bits per heavy atom. The van der Waals surface area contributed by atoms with Gasteiger partial charge < -0.3 is 5.73 Å². The minimum Gasteiger partial charge on any atom is -0.383 e. The molecule has 0 unspecified atom stereocenters.